The second-order valence-electron chi connectivity index (χ2n) is 6.24. The Bertz CT molecular complexity index is 454. The van der Waals surface area contributed by atoms with Crippen LogP contribution in [-0.4, -0.2) is 56.7 Å². The number of guanidine groups is 1. The maximum atomic E-state index is 4.66. The van der Waals surface area contributed by atoms with Gasteiger partial charge in [0.2, 0.25) is 0 Å². The van der Waals surface area contributed by atoms with Gasteiger partial charge in [0.1, 0.15) is 0 Å². The molecule has 1 aliphatic rings. The fourth-order valence-corrected chi connectivity index (χ4v) is 2.92. The summed E-state index contributed by atoms with van der Waals surface area (Å²) in [7, 11) is 0. The number of hydrogen-bond acceptors (Lipinski definition) is 3. The van der Waals surface area contributed by atoms with Gasteiger partial charge < -0.3 is 20.9 Å². The third-order valence-electron chi connectivity index (χ3n) is 4.22. The molecule has 2 rings (SSSR count). The van der Waals surface area contributed by atoms with E-state index in [1.54, 1.807) is 0 Å². The molecule has 0 saturated carbocycles. The normalized spacial score (nSPS) is 16.0. The molecule has 1 aliphatic heterocycles. The maximum Gasteiger partial charge on any atom is 0.191 e. The van der Waals surface area contributed by atoms with E-state index < -0.39 is 0 Å². The lowest BCUT2D eigenvalue weighted by molar-refractivity contribution is 0.232. The average Bonchev–Trinajstić information content (AvgIpc) is 2.63. The average molecular weight is 332 g/mol. The number of nitrogens with zero attached hydrogens (tertiary/aromatic N) is 2. The molecule has 1 aromatic rings. The summed E-state index contributed by atoms with van der Waals surface area (Å²) in [6.45, 7) is 9.37. The number of rotatable bonds is 9. The second-order valence-corrected chi connectivity index (χ2v) is 6.24. The number of piperidine rings is 1. The molecule has 0 amide bonds. The Kier molecular flexibility index (Phi) is 9.09. The second kappa shape index (κ2) is 11.7. The Labute approximate surface area is 146 Å². The van der Waals surface area contributed by atoms with Crippen LogP contribution in [0.3, 0.4) is 0 Å². The predicted molar refractivity (Wildman–Crippen MR) is 104 cm³/mol. The zero-order valence-corrected chi connectivity index (χ0v) is 15.1. The third kappa shape index (κ3) is 7.68. The summed E-state index contributed by atoms with van der Waals surface area (Å²) in [5, 5.41) is 10.2. The van der Waals surface area contributed by atoms with Gasteiger partial charge >= 0.3 is 0 Å². The van der Waals surface area contributed by atoms with Crippen LogP contribution in [0.1, 0.15) is 32.6 Å². The highest BCUT2D eigenvalue weighted by atomic mass is 15.2. The molecule has 0 spiro atoms. The first-order chi connectivity index (χ1) is 11.9. The van der Waals surface area contributed by atoms with Crippen LogP contribution in [-0.2, 0) is 0 Å². The lowest BCUT2D eigenvalue weighted by atomic mass is 10.1. The van der Waals surface area contributed by atoms with Crippen molar-refractivity contribution in [3.05, 3.63) is 30.3 Å². The summed E-state index contributed by atoms with van der Waals surface area (Å²) in [5.41, 5.74) is 1.17. The van der Waals surface area contributed by atoms with Crippen LogP contribution < -0.4 is 16.0 Å². The number of para-hydroxylation sites is 1. The number of nitrogens with one attached hydrogen (secondary N) is 3. The fraction of sp³-hybridized carbons (Fsp3) is 0.632. The number of benzene rings is 1. The molecule has 5 nitrogen and oxygen atoms in total. The molecule has 1 fully saturated rings. The van der Waals surface area contributed by atoms with Gasteiger partial charge in [0.25, 0.3) is 0 Å². The minimum absolute atomic E-state index is 0.832. The van der Waals surface area contributed by atoms with Gasteiger partial charge in [0, 0.05) is 38.4 Å². The zero-order valence-electron chi connectivity index (χ0n) is 15.1. The summed E-state index contributed by atoms with van der Waals surface area (Å²) in [6, 6.07) is 10.3. The van der Waals surface area contributed by atoms with Gasteiger partial charge in [0.05, 0.1) is 0 Å². The molecule has 0 atom stereocenters. The van der Waals surface area contributed by atoms with Crippen molar-refractivity contribution in [2.75, 3.05) is 51.1 Å². The van der Waals surface area contributed by atoms with E-state index in [1.165, 1.54) is 38.0 Å². The topological polar surface area (TPSA) is 51.7 Å². The molecule has 0 radical (unpaired) electrons. The molecule has 1 saturated heterocycles. The maximum absolute atomic E-state index is 4.66. The highest BCUT2D eigenvalue weighted by Gasteiger charge is 2.09. The van der Waals surface area contributed by atoms with Crippen LogP contribution >= 0.6 is 0 Å². The monoisotopic (exact) mass is 331 g/mol. The van der Waals surface area contributed by atoms with E-state index in [4.69, 9.17) is 0 Å². The van der Waals surface area contributed by atoms with Gasteiger partial charge in [-0.25, -0.2) is 0 Å². The van der Waals surface area contributed by atoms with Crippen molar-refractivity contribution in [1.29, 1.82) is 0 Å². The first-order valence-corrected chi connectivity index (χ1v) is 9.42. The van der Waals surface area contributed by atoms with Crippen LogP contribution in [0, 0.1) is 0 Å². The highest BCUT2D eigenvalue weighted by molar-refractivity contribution is 5.79. The van der Waals surface area contributed by atoms with Crippen molar-refractivity contribution in [2.45, 2.75) is 32.6 Å². The number of hydrogen-bond donors (Lipinski definition) is 3. The summed E-state index contributed by atoms with van der Waals surface area (Å²) in [6.07, 6.45) is 5.12. The quantitative estimate of drug-likeness (QED) is 0.370. The molecule has 24 heavy (non-hydrogen) atoms. The van der Waals surface area contributed by atoms with E-state index in [2.05, 4.69) is 57.0 Å². The predicted octanol–water partition coefficient (Wildman–Crippen LogP) is 2.53. The first-order valence-electron chi connectivity index (χ1n) is 9.42. The summed E-state index contributed by atoms with van der Waals surface area (Å²) >= 11 is 0. The molecule has 5 heteroatoms. The van der Waals surface area contributed by atoms with E-state index in [1.807, 2.05) is 6.07 Å². The van der Waals surface area contributed by atoms with Crippen LogP contribution in [0.2, 0.25) is 0 Å². The Hall–Kier alpha value is -1.75. The molecular weight excluding hydrogens is 298 g/mol. The molecule has 0 bridgehead atoms. The molecular formula is C19H33N5. The van der Waals surface area contributed by atoms with Gasteiger partial charge in [-0.2, -0.15) is 0 Å². The number of aliphatic imine (C=N–C) groups is 1. The minimum Gasteiger partial charge on any atom is -0.385 e. The fourth-order valence-electron chi connectivity index (χ4n) is 2.92. The standard InChI is InChI=1S/C19H33N5/c1-2-20-19(23-14-17-24-15-7-4-8-16-24)22-13-9-12-21-18-10-5-3-6-11-18/h3,5-6,10-11,21H,2,4,7-9,12-17H2,1H3,(H2,20,22,23). The molecule has 0 aliphatic carbocycles. The summed E-state index contributed by atoms with van der Waals surface area (Å²) in [5.74, 6) is 0.939. The first kappa shape index (κ1) is 18.6. The zero-order chi connectivity index (χ0) is 16.9. The molecule has 1 aromatic carbocycles. The van der Waals surface area contributed by atoms with Gasteiger partial charge in [-0.15, -0.1) is 0 Å². The lowest BCUT2D eigenvalue weighted by Crippen LogP contribution is -2.42. The van der Waals surface area contributed by atoms with E-state index in [-0.39, 0.29) is 0 Å². The summed E-state index contributed by atoms with van der Waals surface area (Å²) in [4.78, 5) is 7.21. The minimum atomic E-state index is 0.832. The van der Waals surface area contributed by atoms with Crippen LogP contribution in [0.15, 0.2) is 35.3 Å². The Morgan fingerprint density at radius 2 is 1.83 bits per heavy atom. The van der Waals surface area contributed by atoms with Crippen LogP contribution in [0.25, 0.3) is 0 Å². The van der Waals surface area contributed by atoms with Crippen molar-refractivity contribution >= 4 is 11.6 Å². The van der Waals surface area contributed by atoms with Crippen LogP contribution in [0.4, 0.5) is 5.69 Å². The number of anilines is 1. The van der Waals surface area contributed by atoms with E-state index in [9.17, 15) is 0 Å². The SMILES string of the molecule is CCNC(=NCCCNc1ccccc1)NCCN1CCCCC1. The van der Waals surface area contributed by atoms with Crippen molar-refractivity contribution in [2.24, 2.45) is 4.99 Å². The van der Waals surface area contributed by atoms with Gasteiger partial charge in [-0.1, -0.05) is 24.6 Å². The molecule has 0 aromatic heterocycles. The molecule has 0 unspecified atom stereocenters. The molecule has 134 valence electrons. The van der Waals surface area contributed by atoms with Gasteiger partial charge in [-0.05, 0) is 51.4 Å². The number of likely N-dealkylation sites (tertiary alicyclic amines) is 1. The lowest BCUT2D eigenvalue weighted by Gasteiger charge is -2.26. The van der Waals surface area contributed by atoms with Crippen molar-refractivity contribution in [3.63, 3.8) is 0 Å². The Morgan fingerprint density at radius 3 is 2.58 bits per heavy atom. The van der Waals surface area contributed by atoms with E-state index >= 15 is 0 Å². The largest absolute Gasteiger partial charge is 0.385 e. The summed E-state index contributed by atoms with van der Waals surface area (Å²) < 4.78 is 0. The van der Waals surface area contributed by atoms with E-state index in [0.29, 0.717) is 0 Å². The van der Waals surface area contributed by atoms with Crippen LogP contribution in [0.5, 0.6) is 0 Å². The van der Waals surface area contributed by atoms with Crippen molar-refractivity contribution < 1.29 is 0 Å². The highest BCUT2D eigenvalue weighted by Crippen LogP contribution is 2.07. The van der Waals surface area contributed by atoms with E-state index in [0.717, 1.165) is 45.1 Å². The Morgan fingerprint density at radius 1 is 1.04 bits per heavy atom. The van der Waals surface area contributed by atoms with Gasteiger partial charge in [-0.3, -0.25) is 4.99 Å². The Balaban J connectivity index is 1.60. The smallest absolute Gasteiger partial charge is 0.191 e. The molecule has 1 heterocycles. The van der Waals surface area contributed by atoms with Crippen molar-refractivity contribution in [1.82, 2.24) is 15.5 Å². The van der Waals surface area contributed by atoms with Crippen molar-refractivity contribution in [3.8, 4) is 0 Å². The third-order valence-corrected chi connectivity index (χ3v) is 4.22. The van der Waals surface area contributed by atoms with Gasteiger partial charge in [0.15, 0.2) is 5.96 Å². The molecule has 3 N–H and O–H groups in total.